The number of carboxylic acids is 1. The third-order valence-corrected chi connectivity index (χ3v) is 4.28. The molecule has 26 heavy (non-hydrogen) atoms. The lowest BCUT2D eigenvalue weighted by Gasteiger charge is -1.99. The molecule has 138 valence electrons. The molecule has 0 aliphatic heterocycles. The maximum atomic E-state index is 10.9. The largest absolute Gasteiger partial charge is 0.478 e. The Hall–Kier alpha value is -2.53. The Kier molecular flexibility index (Phi) is 9.23. The quantitative estimate of drug-likeness (QED) is 0.582. The SMILES string of the molecule is C=C/C=C(\C=C/C)SCc1nc(-c2ccc(C(=O)O)cc2)oc1C.CC. The molecule has 0 spiro atoms. The van der Waals surface area contributed by atoms with Crippen LogP contribution in [0.5, 0.6) is 0 Å². The van der Waals surface area contributed by atoms with Crippen LogP contribution in [-0.2, 0) is 5.75 Å². The van der Waals surface area contributed by atoms with E-state index in [9.17, 15) is 4.79 Å². The van der Waals surface area contributed by atoms with Gasteiger partial charge < -0.3 is 9.52 Å². The van der Waals surface area contributed by atoms with Crippen molar-refractivity contribution in [2.75, 3.05) is 0 Å². The predicted octanol–water partition coefficient (Wildman–Crippen LogP) is 6.25. The van der Waals surface area contributed by atoms with Crippen molar-refractivity contribution in [1.82, 2.24) is 4.98 Å². The number of carbonyl (C=O) groups is 1. The fraction of sp³-hybridized carbons (Fsp3) is 0.238. The lowest BCUT2D eigenvalue weighted by molar-refractivity contribution is 0.0697. The normalized spacial score (nSPS) is 11.2. The molecule has 0 saturated carbocycles. The summed E-state index contributed by atoms with van der Waals surface area (Å²) < 4.78 is 5.72. The average Bonchev–Trinajstić information content (AvgIpc) is 3.02. The summed E-state index contributed by atoms with van der Waals surface area (Å²) in [6.07, 6.45) is 7.71. The molecule has 1 aromatic heterocycles. The van der Waals surface area contributed by atoms with E-state index >= 15 is 0 Å². The number of benzene rings is 1. The van der Waals surface area contributed by atoms with Gasteiger partial charge in [0, 0.05) is 16.2 Å². The van der Waals surface area contributed by atoms with Gasteiger partial charge in [-0.2, -0.15) is 0 Å². The zero-order chi connectivity index (χ0) is 19.5. The molecule has 0 fully saturated rings. The number of aryl methyl sites for hydroxylation is 1. The Labute approximate surface area is 159 Å². The predicted molar refractivity (Wildman–Crippen MR) is 109 cm³/mol. The number of aromatic nitrogens is 1. The minimum atomic E-state index is -0.951. The summed E-state index contributed by atoms with van der Waals surface area (Å²) >= 11 is 1.66. The van der Waals surface area contributed by atoms with Crippen LogP contribution in [0, 0.1) is 6.92 Å². The van der Waals surface area contributed by atoms with Crippen molar-refractivity contribution in [2.45, 2.75) is 33.4 Å². The Balaban J connectivity index is 0.00000163. The minimum absolute atomic E-state index is 0.239. The van der Waals surface area contributed by atoms with Crippen LogP contribution >= 0.6 is 11.8 Å². The molecule has 0 bridgehead atoms. The van der Waals surface area contributed by atoms with Crippen LogP contribution < -0.4 is 0 Å². The zero-order valence-corrected chi connectivity index (χ0v) is 16.5. The van der Waals surface area contributed by atoms with Crippen LogP contribution in [0.25, 0.3) is 11.5 Å². The molecule has 0 saturated heterocycles. The maximum Gasteiger partial charge on any atom is 0.335 e. The highest BCUT2D eigenvalue weighted by atomic mass is 32.2. The van der Waals surface area contributed by atoms with Crippen LogP contribution in [0.4, 0.5) is 0 Å². The first-order valence-electron chi connectivity index (χ1n) is 8.43. The molecule has 2 rings (SSSR count). The van der Waals surface area contributed by atoms with E-state index in [0.29, 0.717) is 11.6 Å². The molecule has 1 heterocycles. The summed E-state index contributed by atoms with van der Waals surface area (Å²) in [5.74, 6) is 0.998. The Bertz CT molecular complexity index is 786. The minimum Gasteiger partial charge on any atom is -0.478 e. The van der Waals surface area contributed by atoms with Crippen LogP contribution in [0.15, 0.2) is 64.5 Å². The molecule has 2 aromatic rings. The highest BCUT2D eigenvalue weighted by molar-refractivity contribution is 8.02. The van der Waals surface area contributed by atoms with E-state index in [1.165, 1.54) is 0 Å². The van der Waals surface area contributed by atoms with E-state index in [-0.39, 0.29) is 5.56 Å². The lowest BCUT2D eigenvalue weighted by Crippen LogP contribution is -1.95. The van der Waals surface area contributed by atoms with Gasteiger partial charge in [0.15, 0.2) is 0 Å². The fourth-order valence-corrected chi connectivity index (χ4v) is 3.02. The van der Waals surface area contributed by atoms with E-state index in [1.807, 2.05) is 45.9 Å². The molecular formula is C21H25NO3S. The summed E-state index contributed by atoms with van der Waals surface area (Å²) in [4.78, 5) is 16.5. The molecule has 0 aliphatic rings. The summed E-state index contributed by atoms with van der Waals surface area (Å²) in [5, 5.41) is 8.94. The van der Waals surface area contributed by atoms with Gasteiger partial charge in [0.25, 0.3) is 0 Å². The molecular weight excluding hydrogens is 346 g/mol. The number of allylic oxidation sites excluding steroid dienone is 4. The van der Waals surface area contributed by atoms with Crippen molar-refractivity contribution in [1.29, 1.82) is 0 Å². The van der Waals surface area contributed by atoms with E-state index < -0.39 is 5.97 Å². The van der Waals surface area contributed by atoms with Crippen LogP contribution in [-0.4, -0.2) is 16.1 Å². The molecule has 1 N–H and O–H groups in total. The molecule has 1 aromatic carbocycles. The topological polar surface area (TPSA) is 63.3 Å². The van der Waals surface area contributed by atoms with Crippen molar-refractivity contribution in [2.24, 2.45) is 0 Å². The van der Waals surface area contributed by atoms with Gasteiger partial charge in [0.1, 0.15) is 5.76 Å². The molecule has 0 atom stereocenters. The van der Waals surface area contributed by atoms with Gasteiger partial charge >= 0.3 is 5.97 Å². The van der Waals surface area contributed by atoms with Crippen molar-refractivity contribution in [3.05, 3.63) is 77.1 Å². The van der Waals surface area contributed by atoms with E-state index in [4.69, 9.17) is 9.52 Å². The number of rotatable bonds is 7. The van der Waals surface area contributed by atoms with Crippen LogP contribution in [0.1, 0.15) is 42.6 Å². The van der Waals surface area contributed by atoms with Gasteiger partial charge in [-0.05, 0) is 44.2 Å². The van der Waals surface area contributed by atoms with Gasteiger partial charge in [-0.15, -0.1) is 11.8 Å². The van der Waals surface area contributed by atoms with Crippen LogP contribution in [0.2, 0.25) is 0 Å². The molecule has 4 nitrogen and oxygen atoms in total. The summed E-state index contributed by atoms with van der Waals surface area (Å²) in [6.45, 7) is 11.6. The third kappa shape index (κ3) is 6.08. The highest BCUT2D eigenvalue weighted by Crippen LogP contribution is 2.27. The first kappa shape index (κ1) is 21.5. The maximum absolute atomic E-state index is 10.9. The third-order valence-electron chi connectivity index (χ3n) is 3.26. The molecule has 0 amide bonds. The van der Waals surface area contributed by atoms with Gasteiger partial charge in [-0.1, -0.05) is 38.7 Å². The van der Waals surface area contributed by atoms with Gasteiger partial charge in [-0.3, -0.25) is 0 Å². The number of nitrogens with zero attached hydrogens (tertiary/aromatic N) is 1. The number of hydrogen-bond donors (Lipinski definition) is 1. The summed E-state index contributed by atoms with van der Waals surface area (Å²) in [5.41, 5.74) is 1.87. The van der Waals surface area contributed by atoms with Gasteiger partial charge in [-0.25, -0.2) is 9.78 Å². The van der Waals surface area contributed by atoms with E-state index in [2.05, 4.69) is 11.6 Å². The molecule has 5 heteroatoms. The average molecular weight is 372 g/mol. The summed E-state index contributed by atoms with van der Waals surface area (Å²) in [6, 6.07) is 6.49. The molecule has 0 radical (unpaired) electrons. The van der Waals surface area contributed by atoms with Gasteiger partial charge in [0.2, 0.25) is 5.89 Å². The van der Waals surface area contributed by atoms with Gasteiger partial charge in [0.05, 0.1) is 11.3 Å². The number of hydrogen-bond acceptors (Lipinski definition) is 4. The van der Waals surface area contributed by atoms with Crippen molar-refractivity contribution in [3.8, 4) is 11.5 Å². The standard InChI is InChI=1S/C19H19NO3S.C2H6/c1-4-6-16(7-5-2)24-12-17-13(3)23-18(20-17)14-8-10-15(11-9-14)19(21)22;1-2/h4-11H,1,12H2,2-3H3,(H,21,22);1-2H3/b7-5-,16-6+;. The number of aromatic carboxylic acids is 1. The van der Waals surface area contributed by atoms with Crippen molar-refractivity contribution in [3.63, 3.8) is 0 Å². The second-order valence-electron chi connectivity index (χ2n) is 5.00. The van der Waals surface area contributed by atoms with E-state index in [1.54, 1.807) is 42.1 Å². The van der Waals surface area contributed by atoms with E-state index in [0.717, 1.165) is 21.9 Å². The Morgan fingerprint density at radius 2 is 1.96 bits per heavy atom. The second-order valence-corrected chi connectivity index (χ2v) is 6.05. The Morgan fingerprint density at radius 1 is 1.31 bits per heavy atom. The zero-order valence-electron chi connectivity index (χ0n) is 15.7. The highest BCUT2D eigenvalue weighted by Gasteiger charge is 2.12. The number of oxazole rings is 1. The summed E-state index contributed by atoms with van der Waals surface area (Å²) in [7, 11) is 0. The number of thioether (sulfide) groups is 1. The second kappa shape index (κ2) is 11.2. The molecule has 0 unspecified atom stereocenters. The van der Waals surface area contributed by atoms with Crippen LogP contribution in [0.3, 0.4) is 0 Å². The smallest absolute Gasteiger partial charge is 0.335 e. The first-order valence-corrected chi connectivity index (χ1v) is 9.42. The van der Waals surface area contributed by atoms with Crippen molar-refractivity contribution < 1.29 is 14.3 Å². The van der Waals surface area contributed by atoms with Crippen molar-refractivity contribution >= 4 is 17.7 Å². The fourth-order valence-electron chi connectivity index (χ4n) is 2.02. The first-order chi connectivity index (χ1) is 12.5. The Morgan fingerprint density at radius 3 is 2.50 bits per heavy atom. The monoisotopic (exact) mass is 371 g/mol. The lowest BCUT2D eigenvalue weighted by atomic mass is 10.1. The molecule has 0 aliphatic carbocycles. The number of carboxylic acid groups (broad SMARTS) is 1.